The molecule has 6 heteroatoms. The van der Waals surface area contributed by atoms with Crippen molar-refractivity contribution in [3.8, 4) is 0 Å². The van der Waals surface area contributed by atoms with Crippen LogP contribution in [0.3, 0.4) is 0 Å². The maximum absolute atomic E-state index is 5.53. The first kappa shape index (κ1) is 13.1. The fraction of sp³-hybridized carbons (Fsp3) is 0.500. The lowest BCUT2D eigenvalue weighted by Crippen LogP contribution is -2.31. The Balaban J connectivity index is 1.72. The van der Waals surface area contributed by atoms with Gasteiger partial charge in [0.05, 0.1) is 18.4 Å². The molecule has 0 saturated heterocycles. The van der Waals surface area contributed by atoms with E-state index in [1.165, 1.54) is 5.56 Å². The lowest BCUT2D eigenvalue weighted by atomic mass is 10.1. The maximum Gasteiger partial charge on any atom is 0.225 e. The molecule has 0 aliphatic carbocycles. The van der Waals surface area contributed by atoms with Gasteiger partial charge in [0.15, 0.2) is 0 Å². The molecule has 0 atom stereocenters. The number of hydrogen-bond donors (Lipinski definition) is 0. The Kier molecular flexibility index (Phi) is 3.40. The molecule has 0 fully saturated rings. The van der Waals surface area contributed by atoms with Gasteiger partial charge in [-0.15, -0.1) is 0 Å². The summed E-state index contributed by atoms with van der Waals surface area (Å²) in [4.78, 5) is 17.5. The van der Waals surface area contributed by atoms with E-state index < -0.39 is 0 Å². The molecular weight excluding hydrogens is 254 g/mol. The molecule has 0 N–H and O–H groups in total. The lowest BCUT2D eigenvalue weighted by molar-refractivity contribution is 0.218. The van der Waals surface area contributed by atoms with Crippen LogP contribution in [0.15, 0.2) is 16.8 Å². The van der Waals surface area contributed by atoms with Crippen molar-refractivity contribution in [1.29, 1.82) is 0 Å². The largest absolute Gasteiger partial charge is 0.445 e. The normalized spacial score (nSPS) is 15.2. The number of aryl methyl sites for hydroxylation is 1. The Morgan fingerprint density at radius 1 is 1.30 bits per heavy atom. The molecule has 20 heavy (non-hydrogen) atoms. The topological polar surface area (TPSA) is 58.3 Å². The Labute approximate surface area is 118 Å². The van der Waals surface area contributed by atoms with Crippen molar-refractivity contribution in [1.82, 2.24) is 19.9 Å². The summed E-state index contributed by atoms with van der Waals surface area (Å²) in [6, 6.07) is 0. The predicted octanol–water partition coefficient (Wildman–Crippen LogP) is 1.40. The first-order valence-corrected chi connectivity index (χ1v) is 6.77. The van der Waals surface area contributed by atoms with Crippen LogP contribution in [0.4, 0.5) is 5.95 Å². The van der Waals surface area contributed by atoms with Crippen molar-refractivity contribution < 1.29 is 4.42 Å². The van der Waals surface area contributed by atoms with Crippen LogP contribution in [0.25, 0.3) is 0 Å². The van der Waals surface area contributed by atoms with E-state index in [0.29, 0.717) is 0 Å². The smallest absolute Gasteiger partial charge is 0.225 e. The molecule has 0 amide bonds. The standard InChI is InChI=1S/C14H19N5O/c1-10-6-15-13(20-10)9-19-5-4-12-11(8-19)7-16-14(17-12)18(2)3/h6-7H,4-5,8-9H2,1-3H3. The van der Waals surface area contributed by atoms with Crippen LogP contribution in [0.2, 0.25) is 0 Å². The number of nitrogens with zero attached hydrogens (tertiary/aromatic N) is 5. The second-order valence-corrected chi connectivity index (χ2v) is 5.36. The summed E-state index contributed by atoms with van der Waals surface area (Å²) in [6.45, 7) is 4.48. The van der Waals surface area contributed by atoms with Gasteiger partial charge in [0.2, 0.25) is 11.8 Å². The maximum atomic E-state index is 5.53. The summed E-state index contributed by atoms with van der Waals surface area (Å²) >= 11 is 0. The van der Waals surface area contributed by atoms with Crippen molar-refractivity contribution in [2.45, 2.75) is 26.4 Å². The third-order valence-electron chi connectivity index (χ3n) is 3.43. The van der Waals surface area contributed by atoms with Crippen molar-refractivity contribution in [3.63, 3.8) is 0 Å². The van der Waals surface area contributed by atoms with Crippen molar-refractivity contribution in [2.75, 3.05) is 25.5 Å². The number of oxazole rings is 1. The van der Waals surface area contributed by atoms with Crippen LogP contribution in [-0.2, 0) is 19.5 Å². The minimum absolute atomic E-state index is 0.739. The number of rotatable bonds is 3. The van der Waals surface area contributed by atoms with E-state index in [2.05, 4.69) is 19.9 Å². The van der Waals surface area contributed by atoms with Gasteiger partial charge in [-0.05, 0) is 6.92 Å². The van der Waals surface area contributed by atoms with E-state index in [1.54, 1.807) is 6.20 Å². The fourth-order valence-corrected chi connectivity index (χ4v) is 2.38. The quantitative estimate of drug-likeness (QED) is 0.842. The highest BCUT2D eigenvalue weighted by Crippen LogP contribution is 2.20. The van der Waals surface area contributed by atoms with Crippen LogP contribution in [0.5, 0.6) is 0 Å². The van der Waals surface area contributed by atoms with E-state index >= 15 is 0 Å². The number of fused-ring (bicyclic) bond motifs is 1. The van der Waals surface area contributed by atoms with Gasteiger partial charge in [0.25, 0.3) is 0 Å². The molecule has 2 aromatic heterocycles. The fourth-order valence-electron chi connectivity index (χ4n) is 2.38. The lowest BCUT2D eigenvalue weighted by Gasteiger charge is -2.27. The molecule has 0 bridgehead atoms. The molecule has 6 nitrogen and oxygen atoms in total. The van der Waals surface area contributed by atoms with Crippen LogP contribution >= 0.6 is 0 Å². The number of hydrogen-bond acceptors (Lipinski definition) is 6. The van der Waals surface area contributed by atoms with Gasteiger partial charge in [0.1, 0.15) is 5.76 Å². The highest BCUT2D eigenvalue weighted by molar-refractivity contribution is 5.32. The minimum atomic E-state index is 0.739. The SMILES string of the molecule is Cc1cnc(CN2CCc3nc(N(C)C)ncc3C2)o1. The second-order valence-electron chi connectivity index (χ2n) is 5.36. The highest BCUT2D eigenvalue weighted by Gasteiger charge is 2.20. The summed E-state index contributed by atoms with van der Waals surface area (Å²) in [6.07, 6.45) is 4.64. The first-order chi connectivity index (χ1) is 9.61. The molecule has 2 aromatic rings. The molecular formula is C14H19N5O. The molecule has 3 rings (SSSR count). The Bertz CT molecular complexity index is 607. The van der Waals surface area contributed by atoms with Gasteiger partial charge in [-0.3, -0.25) is 4.90 Å². The van der Waals surface area contributed by atoms with E-state index in [4.69, 9.17) is 4.42 Å². The molecule has 0 unspecified atom stereocenters. The van der Waals surface area contributed by atoms with Gasteiger partial charge in [-0.1, -0.05) is 0 Å². The molecule has 0 spiro atoms. The van der Waals surface area contributed by atoms with E-state index in [1.807, 2.05) is 32.1 Å². The Hall–Kier alpha value is -1.95. The van der Waals surface area contributed by atoms with Gasteiger partial charge in [-0.25, -0.2) is 15.0 Å². The van der Waals surface area contributed by atoms with E-state index in [0.717, 1.165) is 49.3 Å². The van der Waals surface area contributed by atoms with Crippen molar-refractivity contribution in [3.05, 3.63) is 35.3 Å². The second kappa shape index (κ2) is 5.20. The molecule has 0 aromatic carbocycles. The summed E-state index contributed by atoms with van der Waals surface area (Å²) in [7, 11) is 3.92. The zero-order chi connectivity index (χ0) is 14.1. The minimum Gasteiger partial charge on any atom is -0.445 e. The van der Waals surface area contributed by atoms with E-state index in [-0.39, 0.29) is 0 Å². The monoisotopic (exact) mass is 273 g/mol. The van der Waals surface area contributed by atoms with Crippen molar-refractivity contribution >= 4 is 5.95 Å². The number of aromatic nitrogens is 3. The Morgan fingerprint density at radius 2 is 2.15 bits per heavy atom. The van der Waals surface area contributed by atoms with Crippen LogP contribution in [0.1, 0.15) is 22.9 Å². The van der Waals surface area contributed by atoms with Gasteiger partial charge in [-0.2, -0.15) is 0 Å². The molecule has 106 valence electrons. The third kappa shape index (κ3) is 2.65. The summed E-state index contributed by atoms with van der Waals surface area (Å²) in [5, 5.41) is 0. The number of anilines is 1. The molecule has 1 aliphatic heterocycles. The summed E-state index contributed by atoms with van der Waals surface area (Å²) < 4.78 is 5.53. The van der Waals surface area contributed by atoms with Crippen LogP contribution in [-0.4, -0.2) is 40.5 Å². The third-order valence-corrected chi connectivity index (χ3v) is 3.43. The van der Waals surface area contributed by atoms with Crippen molar-refractivity contribution in [2.24, 2.45) is 0 Å². The zero-order valence-corrected chi connectivity index (χ0v) is 12.1. The first-order valence-electron chi connectivity index (χ1n) is 6.77. The molecule has 0 radical (unpaired) electrons. The average molecular weight is 273 g/mol. The molecule has 0 saturated carbocycles. The average Bonchev–Trinajstić information content (AvgIpc) is 2.83. The van der Waals surface area contributed by atoms with Gasteiger partial charge in [0, 0.05) is 45.4 Å². The summed E-state index contributed by atoms with van der Waals surface area (Å²) in [5.74, 6) is 2.41. The molecule has 3 heterocycles. The Morgan fingerprint density at radius 3 is 2.85 bits per heavy atom. The summed E-state index contributed by atoms with van der Waals surface area (Å²) in [5.41, 5.74) is 2.36. The van der Waals surface area contributed by atoms with Crippen LogP contribution in [0, 0.1) is 6.92 Å². The van der Waals surface area contributed by atoms with E-state index in [9.17, 15) is 0 Å². The highest BCUT2D eigenvalue weighted by atomic mass is 16.4. The van der Waals surface area contributed by atoms with Gasteiger partial charge < -0.3 is 9.32 Å². The zero-order valence-electron chi connectivity index (χ0n) is 12.1. The van der Waals surface area contributed by atoms with Crippen LogP contribution < -0.4 is 4.90 Å². The predicted molar refractivity (Wildman–Crippen MR) is 75.4 cm³/mol. The van der Waals surface area contributed by atoms with Gasteiger partial charge >= 0.3 is 0 Å². The molecule has 1 aliphatic rings.